The molecule has 0 saturated carbocycles. The van der Waals surface area contributed by atoms with E-state index in [0.717, 1.165) is 16.5 Å². The van der Waals surface area contributed by atoms with Gasteiger partial charge in [0.15, 0.2) is 6.10 Å². The van der Waals surface area contributed by atoms with Gasteiger partial charge in [-0.2, -0.15) is 0 Å². The quantitative estimate of drug-likeness (QED) is 0.774. The van der Waals surface area contributed by atoms with Crippen LogP contribution in [0.3, 0.4) is 0 Å². The molecule has 116 valence electrons. The predicted molar refractivity (Wildman–Crippen MR) is 91.5 cm³/mol. The van der Waals surface area contributed by atoms with Crippen molar-refractivity contribution in [2.24, 2.45) is 0 Å². The second-order valence-electron chi connectivity index (χ2n) is 5.22. The monoisotopic (exact) mass is 306 g/mol. The normalized spacial score (nSPS) is 11.9. The second-order valence-corrected chi connectivity index (χ2v) is 5.22. The number of nitrogens with zero attached hydrogens (tertiary/aromatic N) is 1. The maximum Gasteiger partial charge on any atom is 0.265 e. The third-order valence-corrected chi connectivity index (χ3v) is 3.61. The Kier molecular flexibility index (Phi) is 4.52. The van der Waals surface area contributed by atoms with Crippen LogP contribution >= 0.6 is 0 Å². The summed E-state index contributed by atoms with van der Waals surface area (Å²) in [7, 11) is 0. The van der Waals surface area contributed by atoms with Crippen LogP contribution in [0.15, 0.2) is 67.0 Å². The Balaban J connectivity index is 1.80. The molecule has 0 aliphatic rings. The van der Waals surface area contributed by atoms with Gasteiger partial charge in [0, 0.05) is 11.6 Å². The van der Waals surface area contributed by atoms with E-state index in [9.17, 15) is 4.79 Å². The Morgan fingerprint density at radius 3 is 2.74 bits per heavy atom. The van der Waals surface area contributed by atoms with Crippen LogP contribution in [0.1, 0.15) is 13.3 Å². The van der Waals surface area contributed by atoms with Crippen LogP contribution in [-0.2, 0) is 4.79 Å². The number of benzene rings is 2. The zero-order valence-corrected chi connectivity index (χ0v) is 12.9. The molecule has 0 radical (unpaired) electrons. The third-order valence-electron chi connectivity index (χ3n) is 3.61. The van der Waals surface area contributed by atoms with Crippen molar-refractivity contribution in [1.82, 2.24) is 4.98 Å². The number of anilines is 1. The minimum atomic E-state index is -0.555. The first kappa shape index (κ1) is 15.0. The van der Waals surface area contributed by atoms with Crippen LogP contribution in [0.5, 0.6) is 5.75 Å². The minimum Gasteiger partial charge on any atom is -0.480 e. The van der Waals surface area contributed by atoms with E-state index in [1.807, 2.05) is 49.4 Å². The molecular weight excluding hydrogens is 288 g/mol. The van der Waals surface area contributed by atoms with E-state index in [-0.39, 0.29) is 5.91 Å². The molecule has 4 nitrogen and oxygen atoms in total. The zero-order valence-electron chi connectivity index (χ0n) is 12.9. The van der Waals surface area contributed by atoms with Gasteiger partial charge in [0.2, 0.25) is 0 Å². The van der Waals surface area contributed by atoms with Crippen molar-refractivity contribution in [3.63, 3.8) is 0 Å². The molecule has 0 saturated heterocycles. The standard InChI is InChI=1S/C19H18N2O2/c1-2-17(19(22)21-15-9-6-12-20-13-15)23-18-11-5-8-14-7-3-4-10-16(14)18/h3-13,17H,2H2,1H3,(H,21,22)/t17-/m1/s1. The summed E-state index contributed by atoms with van der Waals surface area (Å²) >= 11 is 0. The Labute approximate surface area is 135 Å². The van der Waals surface area contributed by atoms with Gasteiger partial charge in [-0.3, -0.25) is 9.78 Å². The molecule has 3 rings (SSSR count). The van der Waals surface area contributed by atoms with E-state index < -0.39 is 6.10 Å². The highest BCUT2D eigenvalue weighted by Crippen LogP contribution is 2.26. The fourth-order valence-electron chi connectivity index (χ4n) is 2.43. The summed E-state index contributed by atoms with van der Waals surface area (Å²) < 4.78 is 5.98. The van der Waals surface area contributed by atoms with E-state index >= 15 is 0 Å². The fraction of sp³-hybridized carbons (Fsp3) is 0.158. The SMILES string of the molecule is CC[C@@H](Oc1cccc2ccccc12)C(=O)Nc1cccnc1. The van der Waals surface area contributed by atoms with Crippen molar-refractivity contribution >= 4 is 22.4 Å². The van der Waals surface area contributed by atoms with Gasteiger partial charge in [-0.25, -0.2) is 0 Å². The first-order valence-electron chi connectivity index (χ1n) is 7.63. The van der Waals surface area contributed by atoms with Crippen LogP contribution in [-0.4, -0.2) is 17.0 Å². The lowest BCUT2D eigenvalue weighted by atomic mass is 10.1. The smallest absolute Gasteiger partial charge is 0.265 e. The number of amides is 1. The molecule has 0 spiro atoms. The molecular formula is C19H18N2O2. The molecule has 2 aromatic carbocycles. The highest BCUT2D eigenvalue weighted by atomic mass is 16.5. The van der Waals surface area contributed by atoms with Crippen LogP contribution in [0.4, 0.5) is 5.69 Å². The average Bonchev–Trinajstić information content (AvgIpc) is 2.60. The highest BCUT2D eigenvalue weighted by Gasteiger charge is 2.19. The molecule has 1 N–H and O–H groups in total. The maximum atomic E-state index is 12.4. The summed E-state index contributed by atoms with van der Waals surface area (Å²) in [5.74, 6) is 0.546. The van der Waals surface area contributed by atoms with Gasteiger partial charge < -0.3 is 10.1 Å². The van der Waals surface area contributed by atoms with Gasteiger partial charge in [0.1, 0.15) is 5.75 Å². The molecule has 1 heterocycles. The Hall–Kier alpha value is -2.88. The molecule has 1 amide bonds. The van der Waals surface area contributed by atoms with Gasteiger partial charge in [-0.15, -0.1) is 0 Å². The number of rotatable bonds is 5. The van der Waals surface area contributed by atoms with Crippen molar-refractivity contribution in [1.29, 1.82) is 0 Å². The number of fused-ring (bicyclic) bond motifs is 1. The summed E-state index contributed by atoms with van der Waals surface area (Å²) in [5.41, 5.74) is 0.664. The highest BCUT2D eigenvalue weighted by molar-refractivity contribution is 5.95. The van der Waals surface area contributed by atoms with Crippen molar-refractivity contribution in [2.45, 2.75) is 19.4 Å². The number of hydrogen-bond acceptors (Lipinski definition) is 3. The molecule has 3 aromatic rings. The van der Waals surface area contributed by atoms with Crippen molar-refractivity contribution < 1.29 is 9.53 Å². The van der Waals surface area contributed by atoms with Crippen molar-refractivity contribution in [3.05, 3.63) is 67.0 Å². The minimum absolute atomic E-state index is 0.173. The number of aromatic nitrogens is 1. The Bertz CT molecular complexity index is 797. The van der Waals surface area contributed by atoms with E-state index in [1.54, 1.807) is 24.5 Å². The van der Waals surface area contributed by atoms with E-state index in [0.29, 0.717) is 12.1 Å². The zero-order chi connectivity index (χ0) is 16.1. The van der Waals surface area contributed by atoms with E-state index in [4.69, 9.17) is 4.74 Å². The molecule has 1 atom stereocenters. The Morgan fingerprint density at radius 2 is 1.96 bits per heavy atom. The van der Waals surface area contributed by atoms with Crippen LogP contribution < -0.4 is 10.1 Å². The first-order chi connectivity index (χ1) is 11.3. The molecule has 0 bridgehead atoms. The molecule has 0 fully saturated rings. The molecule has 0 unspecified atom stereocenters. The Morgan fingerprint density at radius 1 is 1.13 bits per heavy atom. The van der Waals surface area contributed by atoms with E-state index in [2.05, 4.69) is 10.3 Å². The first-order valence-corrected chi connectivity index (χ1v) is 7.63. The molecule has 4 heteroatoms. The van der Waals surface area contributed by atoms with E-state index in [1.165, 1.54) is 0 Å². The summed E-state index contributed by atoms with van der Waals surface area (Å²) in [5, 5.41) is 4.93. The number of hydrogen-bond donors (Lipinski definition) is 1. The molecule has 0 aliphatic heterocycles. The largest absolute Gasteiger partial charge is 0.480 e. The summed E-state index contributed by atoms with van der Waals surface area (Å²) in [6.45, 7) is 1.93. The predicted octanol–water partition coefficient (Wildman–Crippen LogP) is 4.03. The van der Waals surface area contributed by atoms with Crippen molar-refractivity contribution in [3.8, 4) is 5.75 Å². The van der Waals surface area contributed by atoms with Crippen LogP contribution in [0.2, 0.25) is 0 Å². The number of ether oxygens (including phenoxy) is 1. The second kappa shape index (κ2) is 6.92. The molecule has 1 aromatic heterocycles. The third kappa shape index (κ3) is 3.48. The topological polar surface area (TPSA) is 51.2 Å². The maximum absolute atomic E-state index is 12.4. The number of pyridine rings is 1. The lowest BCUT2D eigenvalue weighted by Crippen LogP contribution is -2.32. The summed E-state index contributed by atoms with van der Waals surface area (Å²) in [6.07, 6.45) is 3.30. The fourth-order valence-corrected chi connectivity index (χ4v) is 2.43. The number of carbonyl (C=O) groups excluding carboxylic acids is 1. The lowest BCUT2D eigenvalue weighted by Gasteiger charge is -2.18. The summed E-state index contributed by atoms with van der Waals surface area (Å²) in [6, 6.07) is 17.4. The lowest BCUT2D eigenvalue weighted by molar-refractivity contribution is -0.122. The van der Waals surface area contributed by atoms with Gasteiger partial charge in [0.05, 0.1) is 11.9 Å². The van der Waals surface area contributed by atoms with Gasteiger partial charge in [0.25, 0.3) is 5.91 Å². The van der Waals surface area contributed by atoms with Gasteiger partial charge in [-0.1, -0.05) is 43.3 Å². The van der Waals surface area contributed by atoms with Crippen molar-refractivity contribution in [2.75, 3.05) is 5.32 Å². The average molecular weight is 306 g/mol. The van der Waals surface area contributed by atoms with Crippen LogP contribution in [0, 0.1) is 0 Å². The van der Waals surface area contributed by atoms with Crippen LogP contribution in [0.25, 0.3) is 10.8 Å². The molecule has 0 aliphatic carbocycles. The van der Waals surface area contributed by atoms with Gasteiger partial charge >= 0.3 is 0 Å². The van der Waals surface area contributed by atoms with Gasteiger partial charge in [-0.05, 0) is 30.0 Å². The number of nitrogens with one attached hydrogen (secondary N) is 1. The number of carbonyl (C=O) groups is 1. The molecule has 23 heavy (non-hydrogen) atoms. The summed E-state index contributed by atoms with van der Waals surface area (Å²) in [4.78, 5) is 16.4.